The van der Waals surface area contributed by atoms with E-state index < -0.39 is 0 Å². The predicted octanol–water partition coefficient (Wildman–Crippen LogP) is -0.240. The summed E-state index contributed by atoms with van der Waals surface area (Å²) in [5.41, 5.74) is 0. The minimum absolute atomic E-state index is 0.287. The van der Waals surface area contributed by atoms with Crippen molar-refractivity contribution in [2.45, 2.75) is 13.3 Å². The summed E-state index contributed by atoms with van der Waals surface area (Å²) in [7, 11) is 1.88. The molecule has 1 aliphatic heterocycles. The van der Waals surface area contributed by atoms with Gasteiger partial charge in [-0.25, -0.2) is 0 Å². The summed E-state index contributed by atoms with van der Waals surface area (Å²) in [6, 6.07) is 0. The zero-order chi connectivity index (χ0) is 10.4. The quantitative estimate of drug-likeness (QED) is 0.679. The fraction of sp³-hybridized carbons (Fsp3) is 0.900. The normalized spacial score (nSPS) is 18.6. The van der Waals surface area contributed by atoms with Crippen LogP contribution in [0, 0.1) is 0 Å². The predicted molar refractivity (Wildman–Crippen MR) is 57.2 cm³/mol. The van der Waals surface area contributed by atoms with Gasteiger partial charge in [-0.15, -0.1) is 0 Å². The molecule has 82 valence electrons. The molecule has 0 radical (unpaired) electrons. The molecule has 0 saturated carbocycles. The Labute approximate surface area is 86.2 Å². The van der Waals surface area contributed by atoms with E-state index in [-0.39, 0.29) is 5.91 Å². The zero-order valence-electron chi connectivity index (χ0n) is 9.25. The molecule has 0 aromatic heterocycles. The van der Waals surface area contributed by atoms with Crippen molar-refractivity contribution in [3.8, 4) is 0 Å². The van der Waals surface area contributed by atoms with Gasteiger partial charge in [-0.05, 0) is 13.6 Å². The second-order valence-corrected chi connectivity index (χ2v) is 3.67. The molecule has 0 aromatic carbocycles. The minimum Gasteiger partial charge on any atom is -0.340 e. The number of amides is 1. The molecule has 0 aliphatic carbocycles. The number of nitrogens with zero attached hydrogens (tertiary/aromatic N) is 2. The van der Waals surface area contributed by atoms with Gasteiger partial charge < -0.3 is 15.1 Å². The van der Waals surface area contributed by atoms with Crippen LogP contribution < -0.4 is 5.32 Å². The molecule has 0 atom stereocenters. The Morgan fingerprint density at radius 1 is 1.29 bits per heavy atom. The van der Waals surface area contributed by atoms with E-state index in [4.69, 9.17) is 0 Å². The van der Waals surface area contributed by atoms with Crippen molar-refractivity contribution < 1.29 is 4.79 Å². The van der Waals surface area contributed by atoms with Gasteiger partial charge in [-0.2, -0.15) is 0 Å². The van der Waals surface area contributed by atoms with Crippen LogP contribution in [0.1, 0.15) is 13.3 Å². The van der Waals surface area contributed by atoms with E-state index in [1.54, 1.807) is 0 Å². The Bertz CT molecular complexity index is 176. The first-order chi connectivity index (χ1) is 6.77. The summed E-state index contributed by atoms with van der Waals surface area (Å²) < 4.78 is 0. The molecule has 1 heterocycles. The number of carbonyl (C=O) groups is 1. The Kier molecular flexibility index (Phi) is 4.90. The number of carbonyl (C=O) groups excluding carboxylic acids is 1. The third-order valence-corrected chi connectivity index (χ3v) is 2.76. The fourth-order valence-electron chi connectivity index (χ4n) is 1.70. The molecule has 1 aliphatic rings. The lowest BCUT2D eigenvalue weighted by molar-refractivity contribution is -0.132. The van der Waals surface area contributed by atoms with Crippen molar-refractivity contribution in [2.24, 2.45) is 0 Å². The summed E-state index contributed by atoms with van der Waals surface area (Å²) >= 11 is 0. The number of piperazine rings is 1. The molecule has 1 fully saturated rings. The van der Waals surface area contributed by atoms with Gasteiger partial charge in [0.15, 0.2) is 0 Å². The molecule has 0 bridgehead atoms. The fourth-order valence-corrected chi connectivity index (χ4v) is 1.70. The number of rotatable bonds is 4. The van der Waals surface area contributed by atoms with Crippen LogP contribution in [-0.4, -0.2) is 62.0 Å². The second-order valence-electron chi connectivity index (χ2n) is 3.67. The highest BCUT2D eigenvalue weighted by molar-refractivity contribution is 5.76. The highest BCUT2D eigenvalue weighted by Crippen LogP contribution is 2.02. The first-order valence-electron chi connectivity index (χ1n) is 5.42. The molecule has 4 heteroatoms. The first-order valence-corrected chi connectivity index (χ1v) is 5.42. The van der Waals surface area contributed by atoms with E-state index in [1.807, 2.05) is 11.9 Å². The molecule has 0 unspecified atom stereocenters. The first kappa shape index (κ1) is 11.5. The van der Waals surface area contributed by atoms with Crippen LogP contribution in [0.25, 0.3) is 0 Å². The van der Waals surface area contributed by atoms with Crippen molar-refractivity contribution in [3.63, 3.8) is 0 Å². The largest absolute Gasteiger partial charge is 0.340 e. The summed E-state index contributed by atoms with van der Waals surface area (Å²) in [5.74, 6) is 0.287. The lowest BCUT2D eigenvalue weighted by atomic mass is 10.3. The number of hydrogen-bond donors (Lipinski definition) is 1. The molecule has 14 heavy (non-hydrogen) atoms. The van der Waals surface area contributed by atoms with Gasteiger partial charge in [-0.1, -0.05) is 6.92 Å². The summed E-state index contributed by atoms with van der Waals surface area (Å²) in [4.78, 5) is 16.0. The van der Waals surface area contributed by atoms with E-state index in [1.165, 1.54) is 0 Å². The number of nitrogens with one attached hydrogen (secondary N) is 1. The van der Waals surface area contributed by atoms with Gasteiger partial charge in [0.1, 0.15) is 0 Å². The standard InChI is InChI=1S/C10H21N3O/c1-3-12-6-8-13(9-7-12)10(14)4-5-11-2/h11H,3-9H2,1-2H3. The molecule has 0 aromatic rings. The molecular formula is C10H21N3O. The third-order valence-electron chi connectivity index (χ3n) is 2.76. The minimum atomic E-state index is 0.287. The maximum Gasteiger partial charge on any atom is 0.223 e. The summed E-state index contributed by atoms with van der Waals surface area (Å²) in [6.07, 6.45) is 0.628. The molecule has 1 rings (SSSR count). The van der Waals surface area contributed by atoms with Crippen LogP contribution in [0.15, 0.2) is 0 Å². The maximum absolute atomic E-state index is 11.6. The van der Waals surface area contributed by atoms with Crippen LogP contribution in [0.2, 0.25) is 0 Å². The van der Waals surface area contributed by atoms with Crippen molar-refractivity contribution in [2.75, 3.05) is 46.3 Å². The average molecular weight is 199 g/mol. The Morgan fingerprint density at radius 2 is 1.93 bits per heavy atom. The number of hydrogen-bond acceptors (Lipinski definition) is 3. The lowest BCUT2D eigenvalue weighted by Crippen LogP contribution is -2.48. The zero-order valence-corrected chi connectivity index (χ0v) is 9.25. The van der Waals surface area contributed by atoms with Gasteiger partial charge in [0.2, 0.25) is 5.91 Å². The van der Waals surface area contributed by atoms with E-state index in [2.05, 4.69) is 17.1 Å². The molecular weight excluding hydrogens is 178 g/mol. The molecule has 1 N–H and O–H groups in total. The van der Waals surface area contributed by atoms with Crippen LogP contribution in [0.4, 0.5) is 0 Å². The summed E-state index contributed by atoms with van der Waals surface area (Å²) in [5, 5.41) is 3.00. The Hall–Kier alpha value is -0.610. The SMILES string of the molecule is CCN1CCN(C(=O)CCNC)CC1. The highest BCUT2D eigenvalue weighted by Gasteiger charge is 2.19. The molecule has 1 saturated heterocycles. The van der Waals surface area contributed by atoms with E-state index >= 15 is 0 Å². The highest BCUT2D eigenvalue weighted by atomic mass is 16.2. The van der Waals surface area contributed by atoms with Crippen LogP contribution >= 0.6 is 0 Å². The third kappa shape index (κ3) is 3.27. The summed E-state index contributed by atoms with van der Waals surface area (Å²) in [6.45, 7) is 7.90. The van der Waals surface area contributed by atoms with Crippen molar-refractivity contribution in [3.05, 3.63) is 0 Å². The molecule has 0 spiro atoms. The second kappa shape index (κ2) is 5.98. The molecule has 1 amide bonds. The Morgan fingerprint density at radius 3 is 2.43 bits per heavy atom. The smallest absolute Gasteiger partial charge is 0.223 e. The topological polar surface area (TPSA) is 35.6 Å². The lowest BCUT2D eigenvalue weighted by Gasteiger charge is -2.34. The van der Waals surface area contributed by atoms with E-state index in [0.717, 1.165) is 39.3 Å². The van der Waals surface area contributed by atoms with Crippen LogP contribution in [0.3, 0.4) is 0 Å². The van der Waals surface area contributed by atoms with Crippen molar-refractivity contribution in [1.82, 2.24) is 15.1 Å². The van der Waals surface area contributed by atoms with Crippen LogP contribution in [-0.2, 0) is 4.79 Å². The van der Waals surface area contributed by atoms with Gasteiger partial charge in [-0.3, -0.25) is 4.79 Å². The van der Waals surface area contributed by atoms with E-state index in [0.29, 0.717) is 6.42 Å². The monoisotopic (exact) mass is 199 g/mol. The van der Waals surface area contributed by atoms with Crippen LogP contribution in [0.5, 0.6) is 0 Å². The van der Waals surface area contributed by atoms with Crippen molar-refractivity contribution >= 4 is 5.91 Å². The van der Waals surface area contributed by atoms with Crippen molar-refractivity contribution in [1.29, 1.82) is 0 Å². The molecule has 4 nitrogen and oxygen atoms in total. The van der Waals surface area contributed by atoms with Gasteiger partial charge in [0, 0.05) is 39.1 Å². The number of likely N-dealkylation sites (N-methyl/N-ethyl adjacent to an activating group) is 1. The van der Waals surface area contributed by atoms with E-state index in [9.17, 15) is 4.79 Å². The Balaban J connectivity index is 2.23. The van der Waals surface area contributed by atoms with Gasteiger partial charge >= 0.3 is 0 Å². The average Bonchev–Trinajstić information content (AvgIpc) is 2.26. The maximum atomic E-state index is 11.6. The van der Waals surface area contributed by atoms with Gasteiger partial charge in [0.25, 0.3) is 0 Å². The van der Waals surface area contributed by atoms with Gasteiger partial charge in [0.05, 0.1) is 0 Å².